The van der Waals surface area contributed by atoms with Gasteiger partial charge in [-0.2, -0.15) is 4.80 Å². The van der Waals surface area contributed by atoms with Crippen LogP contribution in [0.2, 0.25) is 0 Å². The van der Waals surface area contributed by atoms with Gasteiger partial charge in [0, 0.05) is 26.4 Å². The first-order valence-corrected chi connectivity index (χ1v) is 13.2. The second-order valence-corrected chi connectivity index (χ2v) is 12.1. The van der Waals surface area contributed by atoms with Crippen molar-refractivity contribution in [2.45, 2.75) is 103 Å². The Kier molecular flexibility index (Phi) is 5.10. The zero-order valence-electron chi connectivity index (χ0n) is 25.4. The molecule has 10 nitrogen and oxygen atoms in total. The molecule has 1 saturated carbocycles. The van der Waals surface area contributed by atoms with Crippen molar-refractivity contribution in [1.82, 2.24) is 40.7 Å². The van der Waals surface area contributed by atoms with Crippen LogP contribution in [-0.2, 0) is 5.54 Å². The van der Waals surface area contributed by atoms with Crippen LogP contribution in [0, 0.1) is 5.41 Å². The van der Waals surface area contributed by atoms with Crippen molar-refractivity contribution in [2.24, 2.45) is 5.41 Å². The van der Waals surface area contributed by atoms with Crippen molar-refractivity contribution >= 4 is 5.82 Å². The average molecular weight is 525 g/mol. The number of aromatic nitrogens is 7. The third-order valence-corrected chi connectivity index (χ3v) is 7.64. The smallest absolute Gasteiger partial charge is 0.205 e. The van der Waals surface area contributed by atoms with E-state index in [1.165, 1.54) is 22.0 Å². The maximum absolute atomic E-state index is 15.9. The van der Waals surface area contributed by atoms with Gasteiger partial charge in [-0.05, 0) is 69.2 Å². The lowest BCUT2D eigenvalue weighted by atomic mass is 9.82. The first kappa shape index (κ1) is 21.7. The number of hydrogen-bond acceptors (Lipinski definition) is 9. The molecule has 1 aliphatic carbocycles. The standard InChI is InChI=1S/C27H36FN9O/c1-26(2,3)37-34-24(33-35-37)15-9-10-17(20(38)11-15)25-29-14-22(31-32-25)36(21-13-27(21,4)5)19-12-16-7-6-8-18(30-16)23(19)28/h9-11,14,16,18-19,21,23,30,38H,6-8,12-13H2,1-5H3/t16-,18+,19+,21?,23-/m0/s1/i13D2,21D. The molecule has 3 aliphatic rings. The van der Waals surface area contributed by atoms with E-state index in [0.29, 0.717) is 29.8 Å². The number of halogens is 1. The van der Waals surface area contributed by atoms with E-state index in [2.05, 4.69) is 35.9 Å². The van der Waals surface area contributed by atoms with Crippen LogP contribution < -0.4 is 10.2 Å². The highest BCUT2D eigenvalue weighted by atomic mass is 19.1. The topological polar surface area (TPSA) is 118 Å². The number of aromatic hydroxyl groups is 1. The van der Waals surface area contributed by atoms with Crippen LogP contribution in [0.4, 0.5) is 10.2 Å². The molecular weight excluding hydrogens is 485 g/mol. The van der Waals surface area contributed by atoms with Gasteiger partial charge in [-0.25, -0.2) is 9.37 Å². The molecule has 6 rings (SSSR count). The molecule has 3 fully saturated rings. The molecule has 1 unspecified atom stereocenters. The molecule has 2 bridgehead atoms. The summed E-state index contributed by atoms with van der Waals surface area (Å²) in [4.78, 5) is 7.42. The van der Waals surface area contributed by atoms with Gasteiger partial charge in [0.25, 0.3) is 0 Å². The van der Waals surface area contributed by atoms with Gasteiger partial charge in [-0.15, -0.1) is 20.4 Å². The molecule has 0 amide bonds. The van der Waals surface area contributed by atoms with Gasteiger partial charge in [-0.1, -0.05) is 26.3 Å². The Hall–Kier alpha value is -3.21. The molecule has 2 aliphatic heterocycles. The molecule has 11 heteroatoms. The maximum atomic E-state index is 15.9. The van der Waals surface area contributed by atoms with Crippen molar-refractivity contribution in [3.8, 4) is 28.5 Å². The van der Waals surface area contributed by atoms with E-state index in [0.717, 1.165) is 12.8 Å². The van der Waals surface area contributed by atoms with Crippen molar-refractivity contribution in [2.75, 3.05) is 4.90 Å². The number of rotatable bonds is 5. The van der Waals surface area contributed by atoms with Gasteiger partial charge in [0.15, 0.2) is 11.6 Å². The SMILES string of the molecule is [2H]C1([2H])C(C)(C)C1([2H])N(c1cnc(-c2ccc(-c3nnn(C(C)(C)C)n3)cc2O)nn1)[C@@H]1C[C@@H]2CCC[C@@H](N2)[C@@H]1F. The number of nitrogens with zero attached hydrogens (tertiary/aromatic N) is 8. The lowest BCUT2D eigenvalue weighted by Gasteiger charge is -2.47. The first-order chi connectivity index (χ1) is 19.2. The van der Waals surface area contributed by atoms with E-state index in [4.69, 9.17) is 2.74 Å². The quantitative estimate of drug-likeness (QED) is 0.513. The third-order valence-electron chi connectivity index (χ3n) is 7.64. The summed E-state index contributed by atoms with van der Waals surface area (Å²) in [5.74, 6) is 0.541. The number of piperidine rings is 2. The Bertz CT molecular complexity index is 1440. The number of alkyl halides is 1. The van der Waals surface area contributed by atoms with Crippen molar-refractivity contribution in [3.05, 3.63) is 24.4 Å². The zero-order chi connectivity index (χ0) is 29.5. The highest BCUT2D eigenvalue weighted by Crippen LogP contribution is 2.51. The van der Waals surface area contributed by atoms with Crippen molar-refractivity contribution < 1.29 is 13.6 Å². The molecule has 2 N–H and O–H groups in total. The highest BCUT2D eigenvalue weighted by Gasteiger charge is 2.55. The van der Waals surface area contributed by atoms with Gasteiger partial charge in [0.2, 0.25) is 5.82 Å². The molecule has 0 spiro atoms. The predicted molar refractivity (Wildman–Crippen MR) is 141 cm³/mol. The Morgan fingerprint density at radius 1 is 1.21 bits per heavy atom. The van der Waals surface area contributed by atoms with Crippen LogP contribution in [0.3, 0.4) is 0 Å². The number of anilines is 1. The van der Waals surface area contributed by atoms with E-state index in [9.17, 15) is 6.48 Å². The van der Waals surface area contributed by atoms with Crippen LogP contribution in [0.5, 0.6) is 5.75 Å². The molecule has 2 aromatic heterocycles. The number of phenols is 1. The number of benzene rings is 1. The highest BCUT2D eigenvalue weighted by molar-refractivity contribution is 5.70. The molecule has 5 atom stereocenters. The Balaban J connectivity index is 1.32. The minimum Gasteiger partial charge on any atom is -0.507 e. The molecule has 3 aromatic rings. The molecule has 38 heavy (non-hydrogen) atoms. The number of tetrazole rings is 1. The molecule has 0 radical (unpaired) electrons. The number of hydrogen-bond donors (Lipinski definition) is 2. The number of nitrogens with one attached hydrogen (secondary N) is 1. The second kappa shape index (κ2) is 8.93. The molecule has 2 saturated heterocycles. The fraction of sp³-hybridized carbons (Fsp3) is 0.630. The molecular formula is C27H36FN9O. The fourth-order valence-electron chi connectivity index (χ4n) is 5.48. The van der Waals surface area contributed by atoms with E-state index < -0.39 is 30.0 Å². The average Bonchev–Trinajstić information content (AvgIpc) is 3.29. The number of phenolic OH excluding ortho intramolecular Hbond substituents is 1. The zero-order valence-corrected chi connectivity index (χ0v) is 22.4. The van der Waals surface area contributed by atoms with Crippen LogP contribution in [0.1, 0.15) is 70.8 Å². The molecule has 1 aromatic carbocycles. The molecule has 202 valence electrons. The van der Waals surface area contributed by atoms with Gasteiger partial charge >= 0.3 is 0 Å². The summed E-state index contributed by atoms with van der Waals surface area (Å²) in [5, 5.41) is 35.3. The second-order valence-electron chi connectivity index (χ2n) is 12.1. The summed E-state index contributed by atoms with van der Waals surface area (Å²) in [7, 11) is 0. The summed E-state index contributed by atoms with van der Waals surface area (Å²) >= 11 is 0. The lowest BCUT2D eigenvalue weighted by molar-refractivity contribution is 0.103. The number of fused-ring (bicyclic) bond motifs is 2. The minimum absolute atomic E-state index is 0.0970. The largest absolute Gasteiger partial charge is 0.507 e. The summed E-state index contributed by atoms with van der Waals surface area (Å²) in [6.07, 6.45) is 1.18. The van der Waals surface area contributed by atoms with E-state index in [-0.39, 0.29) is 35.0 Å². The monoisotopic (exact) mass is 524 g/mol. The van der Waals surface area contributed by atoms with E-state index in [1.54, 1.807) is 26.0 Å². The van der Waals surface area contributed by atoms with Gasteiger partial charge in [0.1, 0.15) is 11.9 Å². The first-order valence-electron chi connectivity index (χ1n) is 14.7. The minimum atomic E-state index is -1.91. The van der Waals surface area contributed by atoms with Crippen LogP contribution >= 0.6 is 0 Å². The summed E-state index contributed by atoms with van der Waals surface area (Å²) < 4.78 is 42.5. The van der Waals surface area contributed by atoms with Crippen LogP contribution in [0.15, 0.2) is 24.4 Å². The Morgan fingerprint density at radius 2 is 2.00 bits per heavy atom. The normalized spacial score (nSPS) is 32.6. The summed E-state index contributed by atoms with van der Waals surface area (Å²) in [6, 6.07) is 2.12. The Labute approximate surface area is 226 Å². The predicted octanol–water partition coefficient (Wildman–Crippen LogP) is 3.88. The van der Waals surface area contributed by atoms with Crippen molar-refractivity contribution in [1.29, 1.82) is 0 Å². The van der Waals surface area contributed by atoms with Crippen molar-refractivity contribution in [3.63, 3.8) is 0 Å². The fourth-order valence-corrected chi connectivity index (χ4v) is 5.48. The van der Waals surface area contributed by atoms with Gasteiger partial charge < -0.3 is 15.3 Å². The summed E-state index contributed by atoms with van der Waals surface area (Å²) in [6.45, 7) is 9.25. The third kappa shape index (κ3) is 4.50. The van der Waals surface area contributed by atoms with Crippen LogP contribution in [0.25, 0.3) is 22.8 Å². The maximum Gasteiger partial charge on any atom is 0.205 e. The van der Waals surface area contributed by atoms with E-state index >= 15 is 4.39 Å². The lowest BCUT2D eigenvalue weighted by Crippen LogP contribution is -2.63. The molecule has 4 heterocycles. The Morgan fingerprint density at radius 3 is 2.63 bits per heavy atom. The summed E-state index contributed by atoms with van der Waals surface area (Å²) in [5.41, 5.74) is -0.524. The van der Waals surface area contributed by atoms with E-state index in [1.807, 2.05) is 20.8 Å². The van der Waals surface area contributed by atoms with Crippen LogP contribution in [-0.4, -0.2) is 70.8 Å². The van der Waals surface area contributed by atoms with Gasteiger partial charge in [0.05, 0.1) is 24.7 Å². The van der Waals surface area contributed by atoms with Gasteiger partial charge in [-0.3, -0.25) is 0 Å².